The third-order valence-corrected chi connectivity index (χ3v) is 3.73. The highest BCUT2D eigenvalue weighted by molar-refractivity contribution is 9.10. The fourth-order valence-electron chi connectivity index (χ4n) is 1.98. The van der Waals surface area contributed by atoms with E-state index in [9.17, 15) is 4.79 Å². The Labute approximate surface area is 142 Å². The van der Waals surface area contributed by atoms with Crippen molar-refractivity contribution < 1.29 is 9.53 Å². The second-order valence-corrected chi connectivity index (χ2v) is 7.35. The molecule has 0 aliphatic carbocycles. The molecule has 0 aromatic heterocycles. The van der Waals surface area contributed by atoms with E-state index in [1.54, 1.807) is 0 Å². The number of hydrogen-bond acceptors (Lipinski definition) is 3. The molecule has 0 bridgehead atoms. The van der Waals surface area contributed by atoms with E-state index < -0.39 is 5.60 Å². The minimum atomic E-state index is -0.473. The van der Waals surface area contributed by atoms with E-state index in [2.05, 4.69) is 45.6 Å². The molecule has 0 spiro atoms. The van der Waals surface area contributed by atoms with E-state index in [1.807, 2.05) is 39.8 Å². The molecule has 0 fully saturated rings. The molecule has 0 saturated carbocycles. The third-order valence-electron chi connectivity index (χ3n) is 3.23. The number of hydrogen-bond donors (Lipinski definition) is 2. The van der Waals surface area contributed by atoms with Gasteiger partial charge in [0.15, 0.2) is 0 Å². The van der Waals surface area contributed by atoms with E-state index in [4.69, 9.17) is 4.74 Å². The summed E-state index contributed by atoms with van der Waals surface area (Å²) in [5.41, 5.74) is 0.737. The summed E-state index contributed by atoms with van der Waals surface area (Å²) in [7, 11) is 0. The lowest BCUT2D eigenvalue weighted by Gasteiger charge is -2.24. The Morgan fingerprint density at radius 3 is 2.59 bits per heavy atom. The zero-order chi connectivity index (χ0) is 16.8. The fourth-order valence-corrected chi connectivity index (χ4v) is 2.40. The van der Waals surface area contributed by atoms with E-state index in [1.165, 1.54) is 5.56 Å². The molecule has 0 radical (unpaired) electrons. The van der Waals surface area contributed by atoms with Gasteiger partial charge in [0.2, 0.25) is 0 Å². The molecule has 1 amide bonds. The summed E-state index contributed by atoms with van der Waals surface area (Å²) in [5.74, 6) is 0. The molecule has 0 heterocycles. The van der Waals surface area contributed by atoms with Crippen molar-refractivity contribution in [3.63, 3.8) is 0 Å². The lowest BCUT2D eigenvalue weighted by atomic mass is 10.1. The van der Waals surface area contributed by atoms with Gasteiger partial charge in [-0.1, -0.05) is 35.0 Å². The molecule has 0 aliphatic rings. The monoisotopic (exact) mass is 370 g/mol. The van der Waals surface area contributed by atoms with Crippen molar-refractivity contribution in [3.05, 3.63) is 34.3 Å². The SMILES string of the molecule is CCC(CNC(C)c1cccc(Br)c1)NC(=O)OC(C)(C)C. The Bertz CT molecular complexity index is 486. The number of ether oxygens (including phenoxy) is 1. The summed E-state index contributed by atoms with van der Waals surface area (Å²) < 4.78 is 6.36. The Morgan fingerprint density at radius 1 is 1.36 bits per heavy atom. The Morgan fingerprint density at radius 2 is 2.05 bits per heavy atom. The molecule has 2 atom stereocenters. The van der Waals surface area contributed by atoms with Crippen LogP contribution in [-0.4, -0.2) is 24.3 Å². The van der Waals surface area contributed by atoms with Gasteiger partial charge in [-0.25, -0.2) is 4.79 Å². The first-order valence-corrected chi connectivity index (χ1v) is 8.49. The van der Waals surface area contributed by atoms with Crippen molar-refractivity contribution >= 4 is 22.0 Å². The Hall–Kier alpha value is -1.07. The topological polar surface area (TPSA) is 50.4 Å². The summed E-state index contributed by atoms with van der Waals surface area (Å²) in [4.78, 5) is 11.8. The molecule has 22 heavy (non-hydrogen) atoms. The molecular formula is C17H27BrN2O2. The highest BCUT2D eigenvalue weighted by Gasteiger charge is 2.19. The molecule has 2 unspecified atom stereocenters. The number of halogens is 1. The molecule has 124 valence electrons. The molecule has 1 aromatic rings. The van der Waals surface area contributed by atoms with Crippen LogP contribution in [0.15, 0.2) is 28.7 Å². The first kappa shape index (κ1) is 19.0. The van der Waals surface area contributed by atoms with Gasteiger partial charge in [0.25, 0.3) is 0 Å². The van der Waals surface area contributed by atoms with Crippen LogP contribution in [0.25, 0.3) is 0 Å². The second kappa shape index (κ2) is 8.53. The highest BCUT2D eigenvalue weighted by Crippen LogP contribution is 2.17. The van der Waals surface area contributed by atoms with Crippen LogP contribution >= 0.6 is 15.9 Å². The standard InChI is InChI=1S/C17H27BrN2O2/c1-6-15(20-16(21)22-17(3,4)5)11-19-12(2)13-8-7-9-14(18)10-13/h7-10,12,15,19H,6,11H2,1-5H3,(H,20,21). The van der Waals surface area contributed by atoms with Crippen molar-refractivity contribution in [2.75, 3.05) is 6.54 Å². The predicted octanol–water partition coefficient (Wildman–Crippen LogP) is 4.40. The van der Waals surface area contributed by atoms with Gasteiger partial charge in [0, 0.05) is 23.1 Å². The number of rotatable bonds is 6. The average Bonchev–Trinajstić information content (AvgIpc) is 2.41. The summed E-state index contributed by atoms with van der Waals surface area (Å²) in [6.07, 6.45) is 0.480. The number of benzene rings is 1. The molecule has 5 heteroatoms. The van der Waals surface area contributed by atoms with Crippen LogP contribution in [0.4, 0.5) is 4.79 Å². The van der Waals surface area contributed by atoms with Gasteiger partial charge in [-0.05, 0) is 51.8 Å². The zero-order valence-electron chi connectivity index (χ0n) is 14.1. The molecular weight excluding hydrogens is 344 g/mol. The zero-order valence-corrected chi connectivity index (χ0v) is 15.7. The highest BCUT2D eigenvalue weighted by atomic mass is 79.9. The van der Waals surface area contributed by atoms with E-state index in [0.29, 0.717) is 6.54 Å². The number of nitrogens with one attached hydrogen (secondary N) is 2. The van der Waals surface area contributed by atoms with Crippen LogP contribution in [0.5, 0.6) is 0 Å². The maximum Gasteiger partial charge on any atom is 0.407 e. The van der Waals surface area contributed by atoms with Crippen molar-refractivity contribution in [3.8, 4) is 0 Å². The molecule has 4 nitrogen and oxygen atoms in total. The summed E-state index contributed by atoms with van der Waals surface area (Å²) in [5, 5.41) is 6.36. The van der Waals surface area contributed by atoms with E-state index in [0.717, 1.165) is 10.9 Å². The van der Waals surface area contributed by atoms with Crippen LogP contribution in [0, 0.1) is 0 Å². The van der Waals surface area contributed by atoms with Gasteiger partial charge in [-0.3, -0.25) is 0 Å². The smallest absolute Gasteiger partial charge is 0.407 e. The average molecular weight is 371 g/mol. The summed E-state index contributed by atoms with van der Waals surface area (Å²) >= 11 is 3.48. The Kier molecular flexibility index (Phi) is 7.36. The van der Waals surface area contributed by atoms with Gasteiger partial charge in [0.1, 0.15) is 5.60 Å². The minimum Gasteiger partial charge on any atom is -0.444 e. The van der Waals surface area contributed by atoms with E-state index in [-0.39, 0.29) is 18.2 Å². The number of carbonyl (C=O) groups excluding carboxylic acids is 1. The Balaban J connectivity index is 2.48. The molecule has 1 aromatic carbocycles. The lowest BCUT2D eigenvalue weighted by molar-refractivity contribution is 0.0502. The summed E-state index contributed by atoms with van der Waals surface area (Å²) in [6.45, 7) is 10.4. The van der Waals surface area contributed by atoms with Crippen LogP contribution in [0.1, 0.15) is 52.6 Å². The maximum atomic E-state index is 11.8. The number of amides is 1. The van der Waals surface area contributed by atoms with E-state index >= 15 is 0 Å². The third kappa shape index (κ3) is 7.27. The minimum absolute atomic E-state index is 0.0458. The van der Waals surface area contributed by atoms with Gasteiger partial charge in [-0.15, -0.1) is 0 Å². The van der Waals surface area contributed by atoms with Crippen molar-refractivity contribution in [2.45, 2.75) is 58.7 Å². The number of alkyl carbamates (subject to hydrolysis) is 1. The quantitative estimate of drug-likeness (QED) is 0.779. The second-order valence-electron chi connectivity index (χ2n) is 6.44. The van der Waals surface area contributed by atoms with Crippen molar-refractivity contribution in [2.24, 2.45) is 0 Å². The van der Waals surface area contributed by atoms with Crippen LogP contribution < -0.4 is 10.6 Å². The fraction of sp³-hybridized carbons (Fsp3) is 0.588. The van der Waals surface area contributed by atoms with Gasteiger partial charge >= 0.3 is 6.09 Å². The van der Waals surface area contributed by atoms with Crippen molar-refractivity contribution in [1.82, 2.24) is 10.6 Å². The van der Waals surface area contributed by atoms with Gasteiger partial charge in [-0.2, -0.15) is 0 Å². The molecule has 1 rings (SSSR count). The lowest BCUT2D eigenvalue weighted by Crippen LogP contribution is -2.44. The van der Waals surface area contributed by atoms with Gasteiger partial charge in [0.05, 0.1) is 0 Å². The first-order valence-electron chi connectivity index (χ1n) is 7.69. The molecule has 0 saturated heterocycles. The van der Waals surface area contributed by atoms with Crippen LogP contribution in [-0.2, 0) is 4.74 Å². The molecule has 0 aliphatic heterocycles. The number of carbonyl (C=O) groups is 1. The van der Waals surface area contributed by atoms with Gasteiger partial charge < -0.3 is 15.4 Å². The first-order chi connectivity index (χ1) is 10.2. The maximum absolute atomic E-state index is 11.8. The predicted molar refractivity (Wildman–Crippen MR) is 94.0 cm³/mol. The van der Waals surface area contributed by atoms with Crippen LogP contribution in [0.3, 0.4) is 0 Å². The largest absolute Gasteiger partial charge is 0.444 e. The molecule has 2 N–H and O–H groups in total. The van der Waals surface area contributed by atoms with Crippen molar-refractivity contribution in [1.29, 1.82) is 0 Å². The normalized spacial score (nSPS) is 14.3. The summed E-state index contributed by atoms with van der Waals surface area (Å²) in [6, 6.07) is 8.48. The van der Waals surface area contributed by atoms with Crippen LogP contribution in [0.2, 0.25) is 0 Å².